The summed E-state index contributed by atoms with van der Waals surface area (Å²) in [4.78, 5) is 49.0. The lowest BCUT2D eigenvalue weighted by molar-refractivity contribution is -0.146. The summed E-state index contributed by atoms with van der Waals surface area (Å²) in [6, 6.07) is 16.1. The Balaban J connectivity index is 2.08. The Morgan fingerprint density at radius 2 is 1.39 bits per heavy atom. The molecule has 33 heavy (non-hydrogen) atoms. The van der Waals surface area contributed by atoms with E-state index in [0.717, 1.165) is 11.1 Å². The van der Waals surface area contributed by atoms with Crippen LogP contribution in [-0.2, 0) is 41.6 Å². The Kier molecular flexibility index (Phi) is 10.4. The van der Waals surface area contributed by atoms with E-state index >= 15 is 0 Å². The van der Waals surface area contributed by atoms with Crippen LogP contribution in [-0.4, -0.2) is 50.2 Å². The van der Waals surface area contributed by atoms with E-state index in [4.69, 9.17) is 9.47 Å². The first-order valence-corrected chi connectivity index (χ1v) is 10.4. The number of nitrogens with one attached hydrogen (secondary N) is 2. The molecule has 2 atom stereocenters. The second-order valence-electron chi connectivity index (χ2n) is 7.15. The molecule has 2 aromatic carbocycles. The fourth-order valence-corrected chi connectivity index (χ4v) is 2.99. The number of hydrogen-bond acceptors (Lipinski definition) is 7. The van der Waals surface area contributed by atoms with Crippen molar-refractivity contribution in [3.8, 4) is 0 Å². The quantitative estimate of drug-likeness (QED) is 0.393. The van der Waals surface area contributed by atoms with Gasteiger partial charge in [0.2, 0.25) is 5.91 Å². The Morgan fingerprint density at radius 3 is 1.97 bits per heavy atom. The van der Waals surface area contributed by atoms with Crippen molar-refractivity contribution in [2.45, 2.75) is 38.0 Å². The van der Waals surface area contributed by atoms with Crippen LogP contribution in [0.15, 0.2) is 60.7 Å². The number of ether oxygens (including phenoxy) is 3. The van der Waals surface area contributed by atoms with Crippen LogP contribution in [0.25, 0.3) is 0 Å². The number of alkyl carbamates (subject to hydrolysis) is 1. The molecule has 0 bridgehead atoms. The van der Waals surface area contributed by atoms with Gasteiger partial charge in [0.25, 0.3) is 0 Å². The van der Waals surface area contributed by atoms with E-state index in [0.29, 0.717) is 0 Å². The maximum atomic E-state index is 13.0. The second kappa shape index (κ2) is 13.5. The van der Waals surface area contributed by atoms with Gasteiger partial charge in [-0.25, -0.2) is 9.59 Å². The lowest BCUT2D eigenvalue weighted by atomic mass is 10.0. The standard InChI is InChI=1S/C24H28N2O7/c1-31-21(27)14-13-19(23(29)32-2)25-22(28)20(15-17-9-5-3-6-10-17)26-24(30)33-16-18-11-7-4-8-12-18/h3-12,19-20H,13-16H2,1-2H3,(H,25,28)(H,26,30)/t19-,20-/m0/s1. The van der Waals surface area contributed by atoms with Gasteiger partial charge >= 0.3 is 18.0 Å². The van der Waals surface area contributed by atoms with Gasteiger partial charge in [0.1, 0.15) is 18.7 Å². The second-order valence-corrected chi connectivity index (χ2v) is 7.15. The van der Waals surface area contributed by atoms with Crippen LogP contribution in [0.4, 0.5) is 4.79 Å². The number of benzene rings is 2. The molecule has 2 rings (SSSR count). The molecule has 0 saturated heterocycles. The zero-order valence-corrected chi connectivity index (χ0v) is 18.6. The van der Waals surface area contributed by atoms with E-state index in [1.165, 1.54) is 14.2 Å². The zero-order chi connectivity index (χ0) is 24.1. The summed E-state index contributed by atoms with van der Waals surface area (Å²) in [6.45, 7) is 0.0380. The maximum absolute atomic E-state index is 13.0. The average molecular weight is 456 g/mol. The molecule has 0 radical (unpaired) electrons. The molecule has 0 aliphatic heterocycles. The van der Waals surface area contributed by atoms with Crippen molar-refractivity contribution in [3.05, 3.63) is 71.8 Å². The van der Waals surface area contributed by atoms with E-state index in [1.54, 1.807) is 0 Å². The number of amides is 2. The minimum atomic E-state index is -1.08. The normalized spacial score (nSPS) is 12.1. The third-order valence-electron chi connectivity index (χ3n) is 4.77. The van der Waals surface area contributed by atoms with Crippen molar-refractivity contribution < 1.29 is 33.4 Å². The first-order valence-electron chi connectivity index (χ1n) is 10.4. The van der Waals surface area contributed by atoms with Gasteiger partial charge in [0.15, 0.2) is 0 Å². The summed E-state index contributed by atoms with van der Waals surface area (Å²) >= 11 is 0. The van der Waals surface area contributed by atoms with Crippen LogP contribution in [0.2, 0.25) is 0 Å². The van der Waals surface area contributed by atoms with E-state index < -0.39 is 36.0 Å². The number of esters is 2. The molecule has 0 spiro atoms. The van der Waals surface area contributed by atoms with Gasteiger partial charge in [-0.1, -0.05) is 60.7 Å². The lowest BCUT2D eigenvalue weighted by Crippen LogP contribution is -2.52. The molecule has 0 aromatic heterocycles. The molecule has 0 saturated carbocycles. The number of carbonyl (C=O) groups is 4. The summed E-state index contributed by atoms with van der Waals surface area (Å²) in [5.41, 5.74) is 1.59. The molecule has 2 amide bonds. The molecule has 2 N–H and O–H groups in total. The average Bonchev–Trinajstić information content (AvgIpc) is 2.85. The highest BCUT2D eigenvalue weighted by molar-refractivity contribution is 5.90. The fourth-order valence-electron chi connectivity index (χ4n) is 2.99. The van der Waals surface area contributed by atoms with Crippen LogP contribution in [0, 0.1) is 0 Å². The number of hydrogen-bond donors (Lipinski definition) is 2. The van der Waals surface area contributed by atoms with E-state index in [1.807, 2.05) is 60.7 Å². The van der Waals surface area contributed by atoms with Gasteiger partial charge in [-0.2, -0.15) is 0 Å². The predicted octanol–water partition coefficient (Wildman–Crippen LogP) is 2.14. The Labute approximate surface area is 192 Å². The van der Waals surface area contributed by atoms with Crippen molar-refractivity contribution >= 4 is 23.9 Å². The highest BCUT2D eigenvalue weighted by atomic mass is 16.5. The summed E-state index contributed by atoms with van der Waals surface area (Å²) in [7, 11) is 2.41. The van der Waals surface area contributed by atoms with Crippen molar-refractivity contribution in [1.29, 1.82) is 0 Å². The monoisotopic (exact) mass is 456 g/mol. The topological polar surface area (TPSA) is 120 Å². The van der Waals surface area contributed by atoms with Gasteiger partial charge < -0.3 is 24.8 Å². The van der Waals surface area contributed by atoms with Gasteiger partial charge in [-0.15, -0.1) is 0 Å². The highest BCUT2D eigenvalue weighted by Crippen LogP contribution is 2.08. The third kappa shape index (κ3) is 9.02. The van der Waals surface area contributed by atoms with Crippen molar-refractivity contribution in [1.82, 2.24) is 10.6 Å². The van der Waals surface area contributed by atoms with Gasteiger partial charge in [0, 0.05) is 12.8 Å². The van der Waals surface area contributed by atoms with Crippen molar-refractivity contribution in [2.75, 3.05) is 14.2 Å². The largest absolute Gasteiger partial charge is 0.469 e. The summed E-state index contributed by atoms with van der Waals surface area (Å²) < 4.78 is 14.5. The molecule has 0 fully saturated rings. The molecule has 0 unspecified atom stereocenters. The van der Waals surface area contributed by atoms with Gasteiger partial charge in [-0.3, -0.25) is 9.59 Å². The number of rotatable bonds is 11. The van der Waals surface area contributed by atoms with Crippen molar-refractivity contribution in [3.63, 3.8) is 0 Å². The first-order chi connectivity index (χ1) is 15.9. The molecular formula is C24H28N2O7. The molecule has 0 aliphatic carbocycles. The molecule has 176 valence electrons. The number of methoxy groups -OCH3 is 2. The Hall–Kier alpha value is -3.88. The Morgan fingerprint density at radius 1 is 0.788 bits per heavy atom. The molecule has 0 heterocycles. The first kappa shape index (κ1) is 25.4. The van der Waals surface area contributed by atoms with E-state index in [9.17, 15) is 19.2 Å². The predicted molar refractivity (Wildman–Crippen MR) is 119 cm³/mol. The van der Waals surface area contributed by atoms with Gasteiger partial charge in [0.05, 0.1) is 14.2 Å². The molecule has 9 nitrogen and oxygen atoms in total. The maximum Gasteiger partial charge on any atom is 0.408 e. The van der Waals surface area contributed by atoms with Crippen LogP contribution >= 0.6 is 0 Å². The van der Waals surface area contributed by atoms with Crippen LogP contribution in [0.1, 0.15) is 24.0 Å². The SMILES string of the molecule is COC(=O)CC[C@H](NC(=O)[C@H](Cc1ccccc1)NC(=O)OCc1ccccc1)C(=O)OC. The molecular weight excluding hydrogens is 428 g/mol. The summed E-state index contributed by atoms with van der Waals surface area (Å²) in [5, 5.41) is 5.11. The lowest BCUT2D eigenvalue weighted by Gasteiger charge is -2.22. The van der Waals surface area contributed by atoms with Crippen LogP contribution in [0.3, 0.4) is 0 Å². The summed E-state index contributed by atoms with van der Waals surface area (Å²) in [6.07, 6.45) is -0.717. The van der Waals surface area contributed by atoms with Crippen LogP contribution < -0.4 is 10.6 Å². The minimum absolute atomic E-state index is 0.0123. The Bertz CT molecular complexity index is 919. The van der Waals surface area contributed by atoms with Crippen molar-refractivity contribution in [2.24, 2.45) is 0 Å². The number of carbonyl (C=O) groups excluding carboxylic acids is 4. The zero-order valence-electron chi connectivity index (χ0n) is 18.6. The third-order valence-corrected chi connectivity index (χ3v) is 4.77. The molecule has 9 heteroatoms. The minimum Gasteiger partial charge on any atom is -0.469 e. The van der Waals surface area contributed by atoms with Gasteiger partial charge in [-0.05, 0) is 17.5 Å². The highest BCUT2D eigenvalue weighted by Gasteiger charge is 2.28. The smallest absolute Gasteiger partial charge is 0.408 e. The summed E-state index contributed by atoms with van der Waals surface area (Å²) in [5.74, 6) is -1.85. The van der Waals surface area contributed by atoms with E-state index in [-0.39, 0.29) is 25.9 Å². The molecule has 0 aliphatic rings. The van der Waals surface area contributed by atoms with E-state index in [2.05, 4.69) is 15.4 Å². The molecule has 2 aromatic rings. The van der Waals surface area contributed by atoms with Crippen LogP contribution in [0.5, 0.6) is 0 Å². The fraction of sp³-hybridized carbons (Fsp3) is 0.333.